The van der Waals surface area contributed by atoms with E-state index >= 15 is 0 Å². The third-order valence-electron chi connectivity index (χ3n) is 4.91. The van der Waals surface area contributed by atoms with Crippen molar-refractivity contribution in [1.82, 2.24) is 0 Å². The molecular formula is C24H38O5. The molecule has 0 bridgehead atoms. The second-order valence-electron chi connectivity index (χ2n) is 7.58. The van der Waals surface area contributed by atoms with Gasteiger partial charge in [0.15, 0.2) is 0 Å². The van der Waals surface area contributed by atoms with E-state index in [1.165, 1.54) is 38.5 Å². The molecule has 1 rings (SSSR count). The number of carbonyl (C=O) groups is 2. The van der Waals surface area contributed by atoms with Crippen LogP contribution in [-0.2, 0) is 20.7 Å². The van der Waals surface area contributed by atoms with E-state index in [0.717, 1.165) is 30.6 Å². The van der Waals surface area contributed by atoms with Crippen LogP contribution in [0, 0.1) is 0 Å². The third kappa shape index (κ3) is 12.9. The van der Waals surface area contributed by atoms with Crippen molar-refractivity contribution in [2.45, 2.75) is 97.0 Å². The van der Waals surface area contributed by atoms with Gasteiger partial charge in [-0.05, 0) is 37.5 Å². The number of ether oxygens (including phenoxy) is 2. The van der Waals surface area contributed by atoms with Crippen LogP contribution in [0.2, 0.25) is 0 Å². The van der Waals surface area contributed by atoms with Gasteiger partial charge in [0.1, 0.15) is 11.9 Å². The minimum absolute atomic E-state index is 0.133. The normalized spacial score (nSPS) is 11.8. The zero-order chi connectivity index (χ0) is 21.3. The number of carbonyl (C=O) groups excluding carboxylic acids is 1. The van der Waals surface area contributed by atoms with Gasteiger partial charge in [-0.25, -0.2) is 0 Å². The highest BCUT2D eigenvalue weighted by atomic mass is 16.5. The lowest BCUT2D eigenvalue weighted by atomic mass is 10.0. The van der Waals surface area contributed by atoms with Crippen molar-refractivity contribution in [3.05, 3.63) is 29.8 Å². The number of benzene rings is 1. The summed E-state index contributed by atoms with van der Waals surface area (Å²) in [6.07, 6.45) is 10.9. The number of rotatable bonds is 17. The summed E-state index contributed by atoms with van der Waals surface area (Å²) < 4.78 is 10.9. The largest absolute Gasteiger partial charge is 0.494 e. The summed E-state index contributed by atoms with van der Waals surface area (Å²) in [6.45, 7) is 4.73. The van der Waals surface area contributed by atoms with Crippen LogP contribution in [0.25, 0.3) is 0 Å². The monoisotopic (exact) mass is 406 g/mol. The molecule has 29 heavy (non-hydrogen) atoms. The SMILES string of the molecule is CCCCCCCCCCCC(CC(=O)O)OC(=O)Cc1ccc(OCC)cc1. The first kappa shape index (κ1) is 25.0. The van der Waals surface area contributed by atoms with E-state index in [9.17, 15) is 9.59 Å². The molecule has 164 valence electrons. The van der Waals surface area contributed by atoms with E-state index < -0.39 is 12.1 Å². The van der Waals surface area contributed by atoms with Crippen LogP contribution >= 0.6 is 0 Å². The van der Waals surface area contributed by atoms with Crippen molar-refractivity contribution in [2.24, 2.45) is 0 Å². The maximum absolute atomic E-state index is 12.2. The average Bonchev–Trinajstić information content (AvgIpc) is 2.68. The molecule has 0 aliphatic rings. The summed E-state index contributed by atoms with van der Waals surface area (Å²) in [5.41, 5.74) is 0.829. The molecule has 0 amide bonds. The van der Waals surface area contributed by atoms with Gasteiger partial charge in [-0.3, -0.25) is 9.59 Å². The lowest BCUT2D eigenvalue weighted by Crippen LogP contribution is -2.22. The van der Waals surface area contributed by atoms with Crippen molar-refractivity contribution in [3.63, 3.8) is 0 Å². The van der Waals surface area contributed by atoms with Crippen LogP contribution in [-0.4, -0.2) is 29.8 Å². The summed E-state index contributed by atoms with van der Waals surface area (Å²) in [4.78, 5) is 23.3. The topological polar surface area (TPSA) is 72.8 Å². The molecule has 0 fully saturated rings. The fourth-order valence-corrected chi connectivity index (χ4v) is 3.34. The lowest BCUT2D eigenvalue weighted by molar-refractivity contribution is -0.152. The summed E-state index contributed by atoms with van der Waals surface area (Å²) in [5, 5.41) is 9.11. The van der Waals surface area contributed by atoms with E-state index in [0.29, 0.717) is 13.0 Å². The van der Waals surface area contributed by atoms with E-state index in [-0.39, 0.29) is 18.8 Å². The number of hydrogen-bond donors (Lipinski definition) is 1. The van der Waals surface area contributed by atoms with E-state index in [4.69, 9.17) is 14.6 Å². The fourth-order valence-electron chi connectivity index (χ4n) is 3.34. The summed E-state index contributed by atoms with van der Waals surface area (Å²) >= 11 is 0. The molecule has 0 spiro atoms. The van der Waals surface area contributed by atoms with Crippen LogP contribution in [0.15, 0.2) is 24.3 Å². The Morgan fingerprint density at radius 2 is 1.48 bits per heavy atom. The first-order valence-electron chi connectivity index (χ1n) is 11.2. The quantitative estimate of drug-likeness (QED) is 0.256. The van der Waals surface area contributed by atoms with Gasteiger partial charge >= 0.3 is 11.9 Å². The fraction of sp³-hybridized carbons (Fsp3) is 0.667. The maximum Gasteiger partial charge on any atom is 0.310 e. The molecule has 5 nitrogen and oxygen atoms in total. The van der Waals surface area contributed by atoms with Gasteiger partial charge in [-0.2, -0.15) is 0 Å². The van der Waals surface area contributed by atoms with Crippen molar-refractivity contribution in [3.8, 4) is 5.75 Å². The second-order valence-corrected chi connectivity index (χ2v) is 7.58. The number of aliphatic carboxylic acids is 1. The Labute approximate surface area is 175 Å². The van der Waals surface area contributed by atoms with Gasteiger partial charge in [0, 0.05) is 0 Å². The average molecular weight is 407 g/mol. The Hall–Kier alpha value is -2.04. The molecule has 0 radical (unpaired) electrons. The molecule has 0 aromatic heterocycles. The van der Waals surface area contributed by atoms with Gasteiger partial charge in [0.25, 0.3) is 0 Å². The van der Waals surface area contributed by atoms with Crippen LogP contribution < -0.4 is 4.74 Å². The van der Waals surface area contributed by atoms with Gasteiger partial charge in [0.2, 0.25) is 0 Å². The van der Waals surface area contributed by atoms with E-state index in [1.54, 1.807) is 0 Å². The number of unbranched alkanes of at least 4 members (excludes halogenated alkanes) is 8. The predicted octanol–water partition coefficient (Wildman–Crippen LogP) is 5.94. The number of carboxylic acids is 1. The standard InChI is InChI=1S/C24H38O5/c1-3-5-6-7-8-9-10-11-12-13-22(19-23(25)26)29-24(27)18-20-14-16-21(17-15-20)28-4-2/h14-17,22H,3-13,18-19H2,1-2H3,(H,25,26). The Bertz CT molecular complexity index is 567. The first-order valence-corrected chi connectivity index (χ1v) is 11.2. The van der Waals surface area contributed by atoms with Crippen molar-refractivity contribution >= 4 is 11.9 Å². The molecule has 0 heterocycles. The van der Waals surface area contributed by atoms with E-state index in [1.807, 2.05) is 31.2 Å². The highest BCUT2D eigenvalue weighted by molar-refractivity contribution is 5.73. The number of esters is 1. The summed E-state index contributed by atoms with van der Waals surface area (Å²) in [6, 6.07) is 7.31. The third-order valence-corrected chi connectivity index (χ3v) is 4.91. The highest BCUT2D eigenvalue weighted by Gasteiger charge is 2.18. The minimum Gasteiger partial charge on any atom is -0.494 e. The van der Waals surface area contributed by atoms with Gasteiger partial charge in [-0.15, -0.1) is 0 Å². The zero-order valence-electron chi connectivity index (χ0n) is 18.2. The zero-order valence-corrected chi connectivity index (χ0v) is 18.2. The lowest BCUT2D eigenvalue weighted by Gasteiger charge is -2.16. The molecule has 0 saturated heterocycles. The van der Waals surface area contributed by atoms with Crippen molar-refractivity contribution in [2.75, 3.05) is 6.61 Å². The molecule has 1 atom stereocenters. The summed E-state index contributed by atoms with van der Waals surface area (Å²) in [7, 11) is 0. The van der Waals surface area contributed by atoms with Crippen molar-refractivity contribution in [1.29, 1.82) is 0 Å². The molecule has 1 aromatic rings. The molecule has 5 heteroatoms. The molecular weight excluding hydrogens is 368 g/mol. The van der Waals surface area contributed by atoms with Gasteiger partial charge in [0.05, 0.1) is 19.4 Å². The Morgan fingerprint density at radius 3 is 2.03 bits per heavy atom. The molecule has 0 aliphatic carbocycles. The van der Waals surface area contributed by atoms with Gasteiger partial charge in [-0.1, -0.05) is 70.4 Å². The second kappa shape index (κ2) is 15.8. The molecule has 1 N–H and O–H groups in total. The summed E-state index contributed by atoms with van der Waals surface area (Å²) in [5.74, 6) is -0.546. The Kier molecular flexibility index (Phi) is 13.6. The van der Waals surface area contributed by atoms with Crippen LogP contribution in [0.1, 0.15) is 90.0 Å². The van der Waals surface area contributed by atoms with Crippen LogP contribution in [0.5, 0.6) is 5.75 Å². The maximum atomic E-state index is 12.2. The van der Waals surface area contributed by atoms with Gasteiger partial charge < -0.3 is 14.6 Å². The molecule has 1 aromatic carbocycles. The van der Waals surface area contributed by atoms with Crippen LogP contribution in [0.4, 0.5) is 0 Å². The van der Waals surface area contributed by atoms with Crippen LogP contribution in [0.3, 0.4) is 0 Å². The number of hydrogen-bond acceptors (Lipinski definition) is 4. The molecule has 0 aliphatic heterocycles. The predicted molar refractivity (Wildman–Crippen MR) is 115 cm³/mol. The minimum atomic E-state index is -0.931. The Morgan fingerprint density at radius 1 is 0.897 bits per heavy atom. The molecule has 1 unspecified atom stereocenters. The highest BCUT2D eigenvalue weighted by Crippen LogP contribution is 2.16. The molecule has 0 saturated carbocycles. The van der Waals surface area contributed by atoms with E-state index in [2.05, 4.69) is 6.92 Å². The first-order chi connectivity index (χ1) is 14.0. The number of carboxylic acid groups (broad SMARTS) is 1. The Balaban J connectivity index is 2.30. The smallest absolute Gasteiger partial charge is 0.310 e. The van der Waals surface area contributed by atoms with Crippen molar-refractivity contribution < 1.29 is 24.2 Å².